The van der Waals surface area contributed by atoms with Gasteiger partial charge in [0.05, 0.1) is 12.6 Å². The van der Waals surface area contributed by atoms with Gasteiger partial charge in [-0.2, -0.15) is 5.26 Å². The molecule has 32 heavy (non-hydrogen) atoms. The van der Waals surface area contributed by atoms with Gasteiger partial charge in [-0.3, -0.25) is 0 Å². The van der Waals surface area contributed by atoms with Gasteiger partial charge in [0.25, 0.3) is 0 Å². The van der Waals surface area contributed by atoms with E-state index in [1.807, 2.05) is 19.2 Å². The number of allylic oxidation sites excluding steroid dienone is 1. The number of aryl methyl sites for hydroxylation is 2. The number of hydrogen-bond donors (Lipinski definition) is 0. The molecule has 2 aliphatic carbocycles. The Kier molecular flexibility index (Phi) is 4.43. The number of hydrogen-bond acceptors (Lipinski definition) is 3. The lowest BCUT2D eigenvalue weighted by molar-refractivity contribution is 0.739. The molecule has 1 saturated carbocycles. The zero-order chi connectivity index (χ0) is 21.7. The summed E-state index contributed by atoms with van der Waals surface area (Å²) < 4.78 is 2.30. The van der Waals surface area contributed by atoms with E-state index in [1.165, 1.54) is 46.5 Å². The molecule has 4 nitrogen and oxygen atoms in total. The first-order valence-electron chi connectivity index (χ1n) is 11.4. The lowest BCUT2D eigenvalue weighted by atomic mass is 9.90. The van der Waals surface area contributed by atoms with Gasteiger partial charge in [-0.15, -0.1) is 0 Å². The summed E-state index contributed by atoms with van der Waals surface area (Å²) in [6.07, 6.45) is 6.24. The molecule has 1 fully saturated rings. The van der Waals surface area contributed by atoms with Crippen LogP contribution in [0, 0.1) is 11.3 Å². The number of benzene rings is 2. The van der Waals surface area contributed by atoms with Crippen LogP contribution in [-0.4, -0.2) is 14.5 Å². The molecule has 0 unspecified atom stereocenters. The van der Waals surface area contributed by atoms with Crippen molar-refractivity contribution < 1.29 is 0 Å². The van der Waals surface area contributed by atoms with Gasteiger partial charge in [0.15, 0.2) is 5.65 Å². The third-order valence-electron chi connectivity index (χ3n) is 6.75. The van der Waals surface area contributed by atoms with Crippen molar-refractivity contribution in [2.45, 2.75) is 45.1 Å². The topological polar surface area (TPSA) is 54.5 Å². The molecule has 0 radical (unpaired) electrons. The molecule has 0 bridgehead atoms. The molecule has 4 heteroatoms. The molecular weight excluding hydrogens is 392 g/mol. The van der Waals surface area contributed by atoms with Crippen LogP contribution in [0.5, 0.6) is 0 Å². The highest BCUT2D eigenvalue weighted by molar-refractivity contribution is 5.87. The number of fused-ring (bicyclic) bond motifs is 3. The Morgan fingerprint density at radius 3 is 2.69 bits per heavy atom. The van der Waals surface area contributed by atoms with Crippen LogP contribution < -0.4 is 0 Å². The standard InChI is InChI=1S/C28H24N4/c1-18(16-29)26-23-6-3-2-5-20(23)9-12-22-15-19(8-13-24(22)26)17-32-27(21-10-11-21)31-25-7-4-14-30-28(25)32/h2-8,13-15,21H,9-12,17H2,1H3/b26-18+. The molecule has 0 N–H and O–H groups in total. The maximum Gasteiger partial charge on any atom is 0.160 e. The number of aromatic nitrogens is 3. The van der Waals surface area contributed by atoms with Crippen molar-refractivity contribution in [3.63, 3.8) is 0 Å². The van der Waals surface area contributed by atoms with E-state index < -0.39 is 0 Å². The van der Waals surface area contributed by atoms with E-state index in [2.05, 4.69) is 64.2 Å². The molecule has 0 amide bonds. The number of pyridine rings is 1. The SMILES string of the molecule is C/C(C#N)=C1/c2ccccc2CCc2cc(Cn3c(C4CC4)nc4cccnc43)ccc21. The van der Waals surface area contributed by atoms with Gasteiger partial charge in [-0.25, -0.2) is 9.97 Å². The summed E-state index contributed by atoms with van der Waals surface area (Å²) >= 11 is 0. The Bertz CT molecular complexity index is 1430. The van der Waals surface area contributed by atoms with Crippen molar-refractivity contribution in [1.82, 2.24) is 14.5 Å². The number of nitrogens with zero attached hydrogens (tertiary/aromatic N) is 4. The predicted octanol–water partition coefficient (Wildman–Crippen LogP) is 5.80. The van der Waals surface area contributed by atoms with Crippen LogP contribution in [-0.2, 0) is 19.4 Å². The van der Waals surface area contributed by atoms with Gasteiger partial charge in [-0.1, -0.05) is 42.5 Å². The molecule has 0 saturated heterocycles. The van der Waals surface area contributed by atoms with Crippen molar-refractivity contribution in [3.05, 3.63) is 100 Å². The van der Waals surface area contributed by atoms with E-state index in [4.69, 9.17) is 4.98 Å². The van der Waals surface area contributed by atoms with Crippen LogP contribution >= 0.6 is 0 Å². The quantitative estimate of drug-likeness (QED) is 0.397. The second-order valence-electron chi connectivity index (χ2n) is 8.94. The Balaban J connectivity index is 1.45. The second-order valence-corrected chi connectivity index (χ2v) is 8.94. The van der Waals surface area contributed by atoms with Gasteiger partial charge >= 0.3 is 0 Å². The van der Waals surface area contributed by atoms with Crippen molar-refractivity contribution in [1.29, 1.82) is 5.26 Å². The van der Waals surface area contributed by atoms with E-state index in [0.717, 1.165) is 41.7 Å². The van der Waals surface area contributed by atoms with Gasteiger partial charge < -0.3 is 4.57 Å². The highest BCUT2D eigenvalue weighted by Gasteiger charge is 2.30. The highest BCUT2D eigenvalue weighted by atomic mass is 15.1. The molecule has 2 aromatic heterocycles. The Labute approximate surface area is 187 Å². The van der Waals surface area contributed by atoms with Crippen molar-refractivity contribution in [2.24, 2.45) is 0 Å². The minimum Gasteiger partial charge on any atom is -0.308 e. The molecule has 2 heterocycles. The Morgan fingerprint density at radius 1 is 1.03 bits per heavy atom. The van der Waals surface area contributed by atoms with Crippen LogP contribution in [0.25, 0.3) is 16.7 Å². The highest BCUT2D eigenvalue weighted by Crippen LogP contribution is 2.41. The summed E-state index contributed by atoms with van der Waals surface area (Å²) in [5, 5.41) is 9.72. The maximum absolute atomic E-state index is 9.72. The summed E-state index contributed by atoms with van der Waals surface area (Å²) in [5.74, 6) is 1.73. The lowest BCUT2D eigenvalue weighted by Gasteiger charge is -2.15. The van der Waals surface area contributed by atoms with E-state index in [-0.39, 0.29) is 0 Å². The summed E-state index contributed by atoms with van der Waals surface area (Å²) in [4.78, 5) is 9.54. The molecule has 0 atom stereocenters. The van der Waals surface area contributed by atoms with E-state index in [1.54, 1.807) is 0 Å². The minimum atomic E-state index is 0.562. The average molecular weight is 417 g/mol. The molecule has 2 aromatic carbocycles. The van der Waals surface area contributed by atoms with Gasteiger partial charge in [0, 0.05) is 23.3 Å². The van der Waals surface area contributed by atoms with Gasteiger partial charge in [-0.05, 0) is 72.6 Å². The first kappa shape index (κ1) is 19.0. The summed E-state index contributed by atoms with van der Waals surface area (Å²) in [7, 11) is 0. The lowest BCUT2D eigenvalue weighted by Crippen LogP contribution is -2.06. The molecule has 4 aromatic rings. The molecule has 156 valence electrons. The summed E-state index contributed by atoms with van der Waals surface area (Å²) in [5.41, 5.74) is 10.1. The molecule has 0 spiro atoms. The summed E-state index contributed by atoms with van der Waals surface area (Å²) in [6, 6.07) is 21.7. The zero-order valence-electron chi connectivity index (χ0n) is 18.2. The van der Waals surface area contributed by atoms with E-state index in [0.29, 0.717) is 5.92 Å². The van der Waals surface area contributed by atoms with Crippen LogP contribution in [0.2, 0.25) is 0 Å². The molecular formula is C28H24N4. The number of rotatable bonds is 3. The van der Waals surface area contributed by atoms with Crippen LogP contribution in [0.4, 0.5) is 0 Å². The monoisotopic (exact) mass is 416 g/mol. The zero-order valence-corrected chi connectivity index (χ0v) is 18.2. The first-order valence-corrected chi connectivity index (χ1v) is 11.4. The number of imidazole rings is 1. The Hall–Kier alpha value is -3.71. The van der Waals surface area contributed by atoms with Crippen LogP contribution in [0.15, 0.2) is 66.4 Å². The Morgan fingerprint density at radius 2 is 1.84 bits per heavy atom. The van der Waals surface area contributed by atoms with E-state index in [9.17, 15) is 5.26 Å². The fourth-order valence-electron chi connectivity index (χ4n) is 5.02. The van der Waals surface area contributed by atoms with Crippen LogP contribution in [0.1, 0.15) is 59.3 Å². The average Bonchev–Trinajstić information content (AvgIpc) is 3.63. The van der Waals surface area contributed by atoms with Crippen molar-refractivity contribution in [2.75, 3.05) is 0 Å². The molecule has 6 rings (SSSR count). The predicted molar refractivity (Wildman–Crippen MR) is 126 cm³/mol. The largest absolute Gasteiger partial charge is 0.308 e. The normalized spacial score (nSPS) is 16.8. The maximum atomic E-state index is 9.72. The van der Waals surface area contributed by atoms with Crippen LogP contribution in [0.3, 0.4) is 0 Å². The van der Waals surface area contributed by atoms with Gasteiger partial charge in [0.2, 0.25) is 0 Å². The van der Waals surface area contributed by atoms with Gasteiger partial charge in [0.1, 0.15) is 11.3 Å². The van der Waals surface area contributed by atoms with E-state index >= 15 is 0 Å². The smallest absolute Gasteiger partial charge is 0.160 e. The third kappa shape index (κ3) is 3.13. The number of nitriles is 1. The van der Waals surface area contributed by atoms with Crippen molar-refractivity contribution >= 4 is 16.7 Å². The second kappa shape index (κ2) is 7.46. The fourth-order valence-corrected chi connectivity index (χ4v) is 5.02. The third-order valence-corrected chi connectivity index (χ3v) is 6.75. The minimum absolute atomic E-state index is 0.562. The van der Waals surface area contributed by atoms with Crippen molar-refractivity contribution in [3.8, 4) is 6.07 Å². The summed E-state index contributed by atoms with van der Waals surface area (Å²) in [6.45, 7) is 2.70. The molecule has 0 aliphatic heterocycles. The first-order chi connectivity index (χ1) is 15.7. The molecule has 2 aliphatic rings. The fraction of sp³-hybridized carbons (Fsp3) is 0.250.